The third-order valence-corrected chi connectivity index (χ3v) is 3.21. The summed E-state index contributed by atoms with van der Waals surface area (Å²) in [6.45, 7) is 3.11. The van der Waals surface area contributed by atoms with Crippen LogP contribution in [0.3, 0.4) is 0 Å². The SMILES string of the molecule is CCCCNC(=O)Cn1cc(CO)c2ccccc21. The maximum absolute atomic E-state index is 11.8. The molecule has 1 heterocycles. The fraction of sp³-hybridized carbons (Fsp3) is 0.400. The number of carbonyl (C=O) groups is 1. The number of unbranched alkanes of at least 4 members (excludes halogenated alkanes) is 1. The number of para-hydroxylation sites is 1. The van der Waals surface area contributed by atoms with Gasteiger partial charge >= 0.3 is 0 Å². The molecule has 2 rings (SSSR count). The molecule has 2 N–H and O–H groups in total. The monoisotopic (exact) mass is 260 g/mol. The second-order valence-corrected chi connectivity index (χ2v) is 4.66. The summed E-state index contributed by atoms with van der Waals surface area (Å²) in [7, 11) is 0. The number of aromatic nitrogens is 1. The van der Waals surface area contributed by atoms with Gasteiger partial charge in [-0.3, -0.25) is 4.79 Å². The first kappa shape index (κ1) is 13.6. The Balaban J connectivity index is 2.14. The predicted octanol–water partition coefficient (Wildman–Crippen LogP) is 2.05. The average Bonchev–Trinajstić information content (AvgIpc) is 2.77. The Hall–Kier alpha value is -1.81. The van der Waals surface area contributed by atoms with Gasteiger partial charge in [0.05, 0.1) is 6.61 Å². The number of amides is 1. The molecular formula is C15H20N2O2. The summed E-state index contributed by atoms with van der Waals surface area (Å²) in [5.74, 6) is 0.0127. The normalized spacial score (nSPS) is 10.8. The van der Waals surface area contributed by atoms with E-state index in [-0.39, 0.29) is 12.5 Å². The van der Waals surface area contributed by atoms with Gasteiger partial charge in [0.25, 0.3) is 0 Å². The van der Waals surface area contributed by atoms with Gasteiger partial charge < -0.3 is 15.0 Å². The Labute approximate surface area is 113 Å². The number of aliphatic hydroxyl groups is 1. The smallest absolute Gasteiger partial charge is 0.239 e. The summed E-state index contributed by atoms with van der Waals surface area (Å²) >= 11 is 0. The molecule has 0 aliphatic carbocycles. The average molecular weight is 260 g/mol. The van der Waals surface area contributed by atoms with Crippen molar-refractivity contribution in [2.45, 2.75) is 32.9 Å². The molecule has 4 heteroatoms. The van der Waals surface area contributed by atoms with Crippen LogP contribution in [0.2, 0.25) is 0 Å². The molecule has 0 radical (unpaired) electrons. The van der Waals surface area contributed by atoms with E-state index < -0.39 is 0 Å². The van der Waals surface area contributed by atoms with E-state index in [0.29, 0.717) is 6.54 Å². The first-order chi connectivity index (χ1) is 9.26. The summed E-state index contributed by atoms with van der Waals surface area (Å²) in [5, 5.41) is 13.3. The van der Waals surface area contributed by atoms with E-state index in [1.54, 1.807) is 0 Å². The zero-order chi connectivity index (χ0) is 13.7. The molecule has 0 spiro atoms. The number of carbonyl (C=O) groups excluding carboxylic acids is 1. The van der Waals surface area contributed by atoms with E-state index >= 15 is 0 Å². The molecule has 0 aliphatic rings. The zero-order valence-electron chi connectivity index (χ0n) is 11.2. The Morgan fingerprint density at radius 1 is 1.37 bits per heavy atom. The molecule has 0 saturated carbocycles. The topological polar surface area (TPSA) is 54.3 Å². The molecule has 1 aromatic heterocycles. The molecule has 102 valence electrons. The van der Waals surface area contributed by atoms with E-state index in [2.05, 4.69) is 12.2 Å². The molecular weight excluding hydrogens is 240 g/mol. The minimum atomic E-state index is -0.00896. The molecule has 0 atom stereocenters. The van der Waals surface area contributed by atoms with Crippen LogP contribution in [-0.2, 0) is 17.9 Å². The molecule has 2 aromatic rings. The minimum absolute atomic E-state index is 0.00896. The summed E-state index contributed by atoms with van der Waals surface area (Å²) in [6, 6.07) is 7.81. The fourth-order valence-corrected chi connectivity index (χ4v) is 2.19. The van der Waals surface area contributed by atoms with E-state index in [1.165, 1.54) is 0 Å². The molecule has 0 aliphatic heterocycles. The maximum atomic E-state index is 11.8. The van der Waals surface area contributed by atoms with Crippen LogP contribution in [0.4, 0.5) is 0 Å². The van der Waals surface area contributed by atoms with Gasteiger partial charge in [-0.25, -0.2) is 0 Å². The molecule has 0 fully saturated rings. The van der Waals surface area contributed by atoms with Crippen LogP contribution in [0.1, 0.15) is 25.3 Å². The first-order valence-electron chi connectivity index (χ1n) is 6.70. The van der Waals surface area contributed by atoms with Crippen LogP contribution in [-0.4, -0.2) is 22.1 Å². The van der Waals surface area contributed by atoms with Crippen molar-refractivity contribution in [1.29, 1.82) is 0 Å². The molecule has 4 nitrogen and oxygen atoms in total. The molecule has 1 amide bonds. The predicted molar refractivity (Wildman–Crippen MR) is 75.8 cm³/mol. The lowest BCUT2D eigenvalue weighted by Gasteiger charge is -2.06. The van der Waals surface area contributed by atoms with Crippen LogP contribution >= 0.6 is 0 Å². The van der Waals surface area contributed by atoms with Crippen molar-refractivity contribution >= 4 is 16.8 Å². The molecule has 1 aromatic carbocycles. The van der Waals surface area contributed by atoms with Gasteiger partial charge in [0, 0.05) is 29.2 Å². The van der Waals surface area contributed by atoms with Crippen LogP contribution < -0.4 is 5.32 Å². The van der Waals surface area contributed by atoms with E-state index in [1.807, 2.05) is 35.0 Å². The van der Waals surface area contributed by atoms with Crippen molar-refractivity contribution in [3.05, 3.63) is 36.0 Å². The van der Waals surface area contributed by atoms with Crippen LogP contribution in [0.15, 0.2) is 30.5 Å². The second kappa shape index (κ2) is 6.38. The van der Waals surface area contributed by atoms with Crippen molar-refractivity contribution in [1.82, 2.24) is 9.88 Å². The first-order valence-corrected chi connectivity index (χ1v) is 6.70. The highest BCUT2D eigenvalue weighted by molar-refractivity contribution is 5.86. The Bertz CT molecular complexity index is 560. The quantitative estimate of drug-likeness (QED) is 0.781. The van der Waals surface area contributed by atoms with Gasteiger partial charge in [0.1, 0.15) is 6.54 Å². The number of hydrogen-bond acceptors (Lipinski definition) is 2. The fourth-order valence-electron chi connectivity index (χ4n) is 2.19. The molecule has 0 saturated heterocycles. The van der Waals surface area contributed by atoms with Crippen molar-refractivity contribution in [2.75, 3.05) is 6.54 Å². The lowest BCUT2D eigenvalue weighted by molar-refractivity contribution is -0.121. The van der Waals surface area contributed by atoms with Gasteiger partial charge in [0.2, 0.25) is 5.91 Å². The van der Waals surface area contributed by atoms with Crippen molar-refractivity contribution < 1.29 is 9.90 Å². The summed E-state index contributed by atoms with van der Waals surface area (Å²) in [5.41, 5.74) is 1.84. The number of aliphatic hydroxyl groups excluding tert-OH is 1. The highest BCUT2D eigenvalue weighted by Crippen LogP contribution is 2.21. The van der Waals surface area contributed by atoms with Crippen LogP contribution in [0, 0.1) is 0 Å². The number of nitrogens with one attached hydrogen (secondary N) is 1. The molecule has 0 unspecified atom stereocenters. The van der Waals surface area contributed by atoms with Gasteiger partial charge in [-0.2, -0.15) is 0 Å². The van der Waals surface area contributed by atoms with E-state index in [4.69, 9.17) is 0 Å². The maximum Gasteiger partial charge on any atom is 0.239 e. The zero-order valence-corrected chi connectivity index (χ0v) is 11.2. The van der Waals surface area contributed by atoms with E-state index in [9.17, 15) is 9.90 Å². The summed E-state index contributed by atoms with van der Waals surface area (Å²) < 4.78 is 1.89. The Morgan fingerprint density at radius 2 is 2.16 bits per heavy atom. The molecule has 0 bridgehead atoms. The highest BCUT2D eigenvalue weighted by atomic mass is 16.3. The summed E-state index contributed by atoms with van der Waals surface area (Å²) in [6.07, 6.45) is 3.92. The third kappa shape index (κ3) is 3.15. The minimum Gasteiger partial charge on any atom is -0.392 e. The highest BCUT2D eigenvalue weighted by Gasteiger charge is 2.09. The lowest BCUT2D eigenvalue weighted by atomic mass is 10.2. The number of nitrogens with zero attached hydrogens (tertiary/aromatic N) is 1. The molecule has 19 heavy (non-hydrogen) atoms. The largest absolute Gasteiger partial charge is 0.392 e. The Morgan fingerprint density at radius 3 is 2.89 bits per heavy atom. The number of hydrogen-bond donors (Lipinski definition) is 2. The van der Waals surface area contributed by atoms with Crippen molar-refractivity contribution in [3.63, 3.8) is 0 Å². The van der Waals surface area contributed by atoms with Crippen LogP contribution in [0.25, 0.3) is 10.9 Å². The van der Waals surface area contributed by atoms with E-state index in [0.717, 1.165) is 35.9 Å². The standard InChI is InChI=1S/C15H20N2O2/c1-2-3-8-16-15(19)10-17-9-12(11-18)13-6-4-5-7-14(13)17/h4-7,9,18H,2-3,8,10-11H2,1H3,(H,16,19). The van der Waals surface area contributed by atoms with Gasteiger partial charge in [0.15, 0.2) is 0 Å². The van der Waals surface area contributed by atoms with Crippen molar-refractivity contribution in [2.24, 2.45) is 0 Å². The van der Waals surface area contributed by atoms with Crippen molar-refractivity contribution in [3.8, 4) is 0 Å². The lowest BCUT2D eigenvalue weighted by Crippen LogP contribution is -2.28. The number of benzene rings is 1. The number of rotatable bonds is 6. The summed E-state index contributed by atoms with van der Waals surface area (Å²) in [4.78, 5) is 11.8. The second-order valence-electron chi connectivity index (χ2n) is 4.66. The number of fused-ring (bicyclic) bond motifs is 1. The third-order valence-electron chi connectivity index (χ3n) is 3.21. The van der Waals surface area contributed by atoms with Gasteiger partial charge in [-0.05, 0) is 12.5 Å². The van der Waals surface area contributed by atoms with Gasteiger partial charge in [-0.15, -0.1) is 0 Å². The Kier molecular flexibility index (Phi) is 4.58. The van der Waals surface area contributed by atoms with Crippen LogP contribution in [0.5, 0.6) is 0 Å². The van der Waals surface area contributed by atoms with Gasteiger partial charge in [-0.1, -0.05) is 31.5 Å².